The van der Waals surface area contributed by atoms with Gasteiger partial charge in [0.05, 0.1) is 10.8 Å². The van der Waals surface area contributed by atoms with Crippen molar-refractivity contribution in [2.75, 3.05) is 28.2 Å². The third kappa shape index (κ3) is 15.9. The van der Waals surface area contributed by atoms with E-state index in [1.165, 1.54) is 0 Å². The van der Waals surface area contributed by atoms with E-state index in [9.17, 15) is 9.59 Å². The topological polar surface area (TPSA) is 69.6 Å². The van der Waals surface area contributed by atoms with Gasteiger partial charge in [0.1, 0.15) is 0 Å². The molecule has 0 fully saturated rings. The Hall–Kier alpha value is -2.53. The van der Waals surface area contributed by atoms with Crippen molar-refractivity contribution in [1.82, 2.24) is 10.2 Å². The number of benzene rings is 2. The lowest BCUT2D eigenvalue weighted by molar-refractivity contribution is -0.142. The summed E-state index contributed by atoms with van der Waals surface area (Å²) in [6.45, 7) is 15.3. The number of hydrogen-bond acceptors (Lipinski definition) is 3. The molecule has 0 aliphatic carbocycles. The average molecular weight is 482 g/mol. The zero-order chi connectivity index (χ0) is 26.7. The molecule has 2 aromatic rings. The number of carboxylic acids is 1. The van der Waals surface area contributed by atoms with Crippen molar-refractivity contribution in [2.24, 2.45) is 0 Å². The predicted octanol–water partition coefficient (Wildman–Crippen LogP) is 5.23. The molecule has 0 atom stereocenters. The molecule has 0 aliphatic rings. The number of carbonyl (C=O) groups is 2. The molecule has 2 N–H and O–H groups in total. The summed E-state index contributed by atoms with van der Waals surface area (Å²) in [7, 11) is 7.32. The lowest BCUT2D eigenvalue weighted by Crippen LogP contribution is -2.39. The quantitative estimate of drug-likeness (QED) is 0.586. The summed E-state index contributed by atoms with van der Waals surface area (Å²) in [5.41, 5.74) is 0.655. The van der Waals surface area contributed by atoms with Gasteiger partial charge in [-0.05, 0) is 52.9 Å². The summed E-state index contributed by atoms with van der Waals surface area (Å²) in [5.74, 6) is -0.669. The third-order valence-corrected chi connectivity index (χ3v) is 4.47. The van der Waals surface area contributed by atoms with E-state index >= 15 is 0 Å². The highest BCUT2D eigenvalue weighted by atomic mass is 16.4. The van der Waals surface area contributed by atoms with Crippen molar-refractivity contribution in [2.45, 2.75) is 66.2 Å². The Kier molecular flexibility index (Phi) is 28.3. The van der Waals surface area contributed by atoms with Gasteiger partial charge in [-0.1, -0.05) is 88.4 Å². The van der Waals surface area contributed by atoms with Gasteiger partial charge >= 0.3 is 5.97 Å². The number of likely N-dealkylation sites (N-methyl/N-ethyl adjacent to an activating group) is 1. The van der Waals surface area contributed by atoms with Gasteiger partial charge in [-0.3, -0.25) is 9.59 Å². The minimum absolute atomic E-state index is 0. The fourth-order valence-corrected chi connectivity index (χ4v) is 2.52. The number of carbonyl (C=O) groups excluding carboxylic acids is 1. The second-order valence-electron chi connectivity index (χ2n) is 7.99. The second-order valence-corrected chi connectivity index (χ2v) is 7.99. The molecular weight excluding hydrogens is 434 g/mol. The van der Waals surface area contributed by atoms with Crippen LogP contribution in [0.15, 0.2) is 60.7 Å². The fraction of sp³-hybridized carbons (Fsp3) is 0.500. The number of hydrogen-bond donors (Lipinski definition) is 2. The van der Waals surface area contributed by atoms with E-state index in [0.717, 1.165) is 11.1 Å². The van der Waals surface area contributed by atoms with Crippen molar-refractivity contribution in [3.63, 3.8) is 0 Å². The van der Waals surface area contributed by atoms with E-state index < -0.39 is 16.8 Å². The van der Waals surface area contributed by atoms with Gasteiger partial charge in [0.2, 0.25) is 5.91 Å². The van der Waals surface area contributed by atoms with Crippen LogP contribution in [0.1, 0.15) is 66.5 Å². The first kappa shape index (κ1) is 42.6. The molecular formula is C28H48B2N2O3. The van der Waals surface area contributed by atoms with Crippen molar-refractivity contribution in [1.29, 1.82) is 0 Å². The minimum Gasteiger partial charge on any atom is -0.481 e. The summed E-state index contributed by atoms with van der Waals surface area (Å²) in [5, 5.41) is 11.6. The summed E-state index contributed by atoms with van der Waals surface area (Å²) >= 11 is 0. The van der Waals surface area contributed by atoms with Gasteiger partial charge in [-0.2, -0.15) is 0 Å². The van der Waals surface area contributed by atoms with Crippen LogP contribution in [0.5, 0.6) is 0 Å². The normalized spacial score (nSPS) is 9.14. The molecule has 0 saturated heterocycles. The first-order chi connectivity index (χ1) is 15.4. The molecule has 1 amide bonds. The van der Waals surface area contributed by atoms with Crippen LogP contribution < -0.4 is 5.32 Å². The van der Waals surface area contributed by atoms with E-state index in [1.54, 1.807) is 32.8 Å². The van der Waals surface area contributed by atoms with Gasteiger partial charge in [-0.15, -0.1) is 0 Å². The predicted molar refractivity (Wildman–Crippen MR) is 154 cm³/mol. The summed E-state index contributed by atoms with van der Waals surface area (Å²) < 4.78 is 0. The molecule has 0 aliphatic heterocycles. The molecule has 0 saturated carbocycles. The van der Waals surface area contributed by atoms with Crippen molar-refractivity contribution >= 4 is 28.7 Å². The first-order valence-electron chi connectivity index (χ1n) is 11.6. The Labute approximate surface area is 219 Å². The van der Waals surface area contributed by atoms with Crippen molar-refractivity contribution in [3.8, 4) is 0 Å². The Morgan fingerprint density at radius 2 is 0.943 bits per heavy atom. The lowest BCUT2D eigenvalue weighted by atomic mass is 9.83. The molecule has 0 bridgehead atoms. The zero-order valence-electron chi connectivity index (χ0n) is 24.1. The number of amides is 1. The minimum atomic E-state index is -0.797. The van der Waals surface area contributed by atoms with E-state index in [4.69, 9.17) is 5.11 Å². The molecule has 7 heteroatoms. The smallest absolute Gasteiger partial charge is 0.313 e. The van der Waals surface area contributed by atoms with Crippen LogP contribution in [-0.2, 0) is 20.4 Å². The Morgan fingerprint density at radius 1 is 0.686 bits per heavy atom. The standard InChI is InChI=1S/C12H17NO.C10H12O2.C2H7N.2C2H6.2B/c1-12(2,11(14)13(3)4)10-8-6-5-7-9-10;1-10(2,9(11)12)8-6-4-3-5-7-8;1-3-2;2*1-2;;/h5-9H,1-4H3;3-7H,1-2H3,(H,11,12);3H,1-2H3;2*1-2H3;;. The highest BCUT2D eigenvalue weighted by molar-refractivity contribution is 5.87. The summed E-state index contributed by atoms with van der Waals surface area (Å²) in [6.07, 6.45) is 0. The molecule has 0 unspecified atom stereocenters. The third-order valence-electron chi connectivity index (χ3n) is 4.47. The molecule has 2 aromatic carbocycles. The molecule has 5 nitrogen and oxygen atoms in total. The lowest BCUT2D eigenvalue weighted by Gasteiger charge is -2.27. The number of carboxylic acid groups (broad SMARTS) is 1. The summed E-state index contributed by atoms with van der Waals surface area (Å²) in [6, 6.07) is 19.1. The molecule has 2 rings (SSSR count). The molecule has 35 heavy (non-hydrogen) atoms. The van der Waals surface area contributed by atoms with Crippen LogP contribution in [0, 0.1) is 0 Å². The molecule has 0 spiro atoms. The number of nitrogens with one attached hydrogen (secondary N) is 1. The molecule has 0 heterocycles. The maximum atomic E-state index is 11.9. The van der Waals surface area contributed by atoms with Gasteiger partial charge in [0.15, 0.2) is 0 Å². The van der Waals surface area contributed by atoms with Crippen molar-refractivity contribution in [3.05, 3.63) is 71.8 Å². The van der Waals surface area contributed by atoms with E-state index in [2.05, 4.69) is 5.32 Å². The largest absolute Gasteiger partial charge is 0.481 e. The highest BCUT2D eigenvalue weighted by Gasteiger charge is 2.30. The molecule has 0 aromatic heterocycles. The van der Waals surface area contributed by atoms with Crippen LogP contribution in [-0.4, -0.2) is 66.9 Å². The Morgan fingerprint density at radius 3 is 1.17 bits per heavy atom. The van der Waals surface area contributed by atoms with E-state index in [1.807, 2.05) is 116 Å². The molecule has 194 valence electrons. The van der Waals surface area contributed by atoms with Crippen LogP contribution in [0.2, 0.25) is 0 Å². The van der Waals surface area contributed by atoms with E-state index in [0.29, 0.717) is 0 Å². The number of rotatable bonds is 4. The fourth-order valence-electron chi connectivity index (χ4n) is 2.52. The summed E-state index contributed by atoms with van der Waals surface area (Å²) in [4.78, 5) is 24.3. The van der Waals surface area contributed by atoms with Gasteiger partial charge in [-0.25, -0.2) is 0 Å². The van der Waals surface area contributed by atoms with Crippen molar-refractivity contribution < 1.29 is 14.7 Å². The monoisotopic (exact) mass is 482 g/mol. The van der Waals surface area contributed by atoms with Crippen LogP contribution in [0.25, 0.3) is 0 Å². The molecule has 6 radical (unpaired) electrons. The van der Waals surface area contributed by atoms with Gasteiger partial charge < -0.3 is 15.3 Å². The number of nitrogens with zero attached hydrogens (tertiary/aromatic N) is 1. The van der Waals surface area contributed by atoms with Crippen LogP contribution in [0.4, 0.5) is 0 Å². The highest BCUT2D eigenvalue weighted by Crippen LogP contribution is 2.24. The zero-order valence-corrected chi connectivity index (χ0v) is 24.1. The first-order valence-corrected chi connectivity index (χ1v) is 11.6. The van der Waals surface area contributed by atoms with E-state index in [-0.39, 0.29) is 22.7 Å². The SMILES string of the molecule is CC.CC.CC(C)(C(=O)O)c1ccccc1.CN(C)C(=O)C(C)(C)c1ccccc1.CNC.[B].[B]. The number of aliphatic carboxylic acids is 1. The second kappa shape index (κ2) is 23.2. The van der Waals surface area contributed by atoms with Crippen LogP contribution in [0.3, 0.4) is 0 Å². The average Bonchev–Trinajstić information content (AvgIpc) is 2.83. The van der Waals surface area contributed by atoms with Gasteiger partial charge in [0.25, 0.3) is 0 Å². The maximum absolute atomic E-state index is 11.9. The van der Waals surface area contributed by atoms with Crippen LogP contribution >= 0.6 is 0 Å². The maximum Gasteiger partial charge on any atom is 0.313 e. The van der Waals surface area contributed by atoms with Gasteiger partial charge in [0, 0.05) is 30.9 Å². The Balaban J connectivity index is -0.000000131. The Bertz CT molecular complexity index is 751.